The van der Waals surface area contributed by atoms with Crippen molar-refractivity contribution in [3.05, 3.63) is 22.8 Å². The molecule has 200 valence electrons. The molecular formula is C31H46ClNO3. The Kier molecular flexibility index (Phi) is 7.40. The van der Waals surface area contributed by atoms with Crippen LogP contribution in [0.1, 0.15) is 109 Å². The number of carboxylic acids is 1. The molecule has 4 fully saturated rings. The molecule has 0 saturated heterocycles. The number of pyridine rings is 1. The first-order chi connectivity index (χ1) is 17.2. The fourth-order valence-electron chi connectivity index (χ4n) is 10.2. The van der Waals surface area contributed by atoms with Crippen molar-refractivity contribution < 1.29 is 14.6 Å². The van der Waals surface area contributed by atoms with Crippen molar-refractivity contribution in [3.8, 4) is 5.88 Å². The number of aromatic carboxylic acids is 1. The van der Waals surface area contributed by atoms with Crippen LogP contribution in [0.25, 0.3) is 0 Å². The Bertz CT molecular complexity index is 967. The van der Waals surface area contributed by atoms with Gasteiger partial charge in [0.2, 0.25) is 5.88 Å². The van der Waals surface area contributed by atoms with Crippen LogP contribution in [0.3, 0.4) is 0 Å². The number of ether oxygens (including phenoxy) is 1. The van der Waals surface area contributed by atoms with Crippen molar-refractivity contribution in [3.63, 3.8) is 0 Å². The van der Waals surface area contributed by atoms with E-state index in [1.165, 1.54) is 76.5 Å². The standard InChI is InChI=1S/C31H46ClNO3/c1-5-20-16-22-25-10-9-23(19(2)12-15-36-28-27(32)17-21(18-33-28)29(34)35)31(25,4)14-11-26(22)30(3)13-7-6-8-24(20)30/h17-20,22-26H,5-16H2,1-4H3,(H,34,35)/t19-,20+,22?,23?,24?,25?,26+,30?,31?/m1/s1. The van der Waals surface area contributed by atoms with E-state index >= 15 is 0 Å². The summed E-state index contributed by atoms with van der Waals surface area (Å²) in [7, 11) is 0. The molecule has 6 unspecified atom stereocenters. The Morgan fingerprint density at radius 3 is 2.64 bits per heavy atom. The summed E-state index contributed by atoms with van der Waals surface area (Å²) >= 11 is 6.23. The molecule has 1 aromatic rings. The van der Waals surface area contributed by atoms with E-state index in [4.69, 9.17) is 21.4 Å². The van der Waals surface area contributed by atoms with Crippen LogP contribution < -0.4 is 4.74 Å². The molecule has 9 atom stereocenters. The number of rotatable bonds is 7. The number of hydrogen-bond acceptors (Lipinski definition) is 3. The van der Waals surface area contributed by atoms with Crippen molar-refractivity contribution in [2.75, 3.05) is 6.61 Å². The smallest absolute Gasteiger partial charge is 0.337 e. The van der Waals surface area contributed by atoms with Gasteiger partial charge in [-0.2, -0.15) is 0 Å². The highest BCUT2D eigenvalue weighted by Crippen LogP contribution is 2.69. The number of carboxylic acid groups (broad SMARTS) is 1. The molecule has 0 radical (unpaired) electrons. The maximum absolute atomic E-state index is 11.1. The van der Waals surface area contributed by atoms with E-state index in [-0.39, 0.29) is 10.6 Å². The van der Waals surface area contributed by atoms with E-state index in [1.54, 1.807) is 0 Å². The van der Waals surface area contributed by atoms with Gasteiger partial charge in [0.15, 0.2) is 0 Å². The predicted molar refractivity (Wildman–Crippen MR) is 144 cm³/mol. The van der Waals surface area contributed by atoms with E-state index in [0.717, 1.165) is 41.9 Å². The van der Waals surface area contributed by atoms with Crippen molar-refractivity contribution in [1.29, 1.82) is 0 Å². The van der Waals surface area contributed by atoms with Crippen LogP contribution in [0.15, 0.2) is 12.3 Å². The third-order valence-corrected chi connectivity index (χ3v) is 12.2. The highest BCUT2D eigenvalue weighted by atomic mass is 35.5. The van der Waals surface area contributed by atoms with E-state index in [0.29, 0.717) is 29.2 Å². The number of nitrogens with zero attached hydrogens (tertiary/aromatic N) is 1. The van der Waals surface area contributed by atoms with Gasteiger partial charge in [0.05, 0.1) is 12.2 Å². The van der Waals surface area contributed by atoms with Gasteiger partial charge >= 0.3 is 5.97 Å². The molecule has 4 nitrogen and oxygen atoms in total. The fraction of sp³-hybridized carbons (Fsp3) is 0.806. The maximum Gasteiger partial charge on any atom is 0.337 e. The van der Waals surface area contributed by atoms with Crippen LogP contribution in [0, 0.1) is 52.3 Å². The summed E-state index contributed by atoms with van der Waals surface area (Å²) in [5.74, 6) is 5.33. The molecule has 4 saturated carbocycles. The first-order valence-electron chi connectivity index (χ1n) is 14.7. The van der Waals surface area contributed by atoms with Gasteiger partial charge in [0.25, 0.3) is 0 Å². The molecule has 0 bridgehead atoms. The second-order valence-corrected chi connectivity index (χ2v) is 13.7. The molecule has 0 aliphatic heterocycles. The van der Waals surface area contributed by atoms with E-state index in [2.05, 4.69) is 32.7 Å². The third-order valence-electron chi connectivity index (χ3n) is 11.9. The average Bonchev–Trinajstić information content (AvgIpc) is 3.21. The minimum atomic E-state index is -1.03. The van der Waals surface area contributed by atoms with Gasteiger partial charge in [0.1, 0.15) is 5.02 Å². The maximum atomic E-state index is 11.1. The fourth-order valence-corrected chi connectivity index (χ4v) is 10.4. The summed E-state index contributed by atoms with van der Waals surface area (Å²) in [6.07, 6.45) is 16.6. The Labute approximate surface area is 222 Å². The van der Waals surface area contributed by atoms with Gasteiger partial charge in [-0.3, -0.25) is 0 Å². The Morgan fingerprint density at radius 1 is 1.14 bits per heavy atom. The molecule has 1 aromatic heterocycles. The van der Waals surface area contributed by atoms with Crippen LogP contribution in [0.5, 0.6) is 5.88 Å². The van der Waals surface area contributed by atoms with Gasteiger partial charge in [-0.1, -0.05) is 58.6 Å². The summed E-state index contributed by atoms with van der Waals surface area (Å²) < 4.78 is 5.92. The molecule has 4 aliphatic carbocycles. The second-order valence-electron chi connectivity index (χ2n) is 13.3. The molecule has 0 spiro atoms. The van der Waals surface area contributed by atoms with Crippen LogP contribution in [0.4, 0.5) is 0 Å². The molecule has 5 heteroatoms. The van der Waals surface area contributed by atoms with Gasteiger partial charge in [-0.25, -0.2) is 9.78 Å². The zero-order valence-electron chi connectivity index (χ0n) is 22.8. The minimum Gasteiger partial charge on any atom is -0.478 e. The summed E-state index contributed by atoms with van der Waals surface area (Å²) in [6.45, 7) is 10.8. The van der Waals surface area contributed by atoms with Crippen molar-refractivity contribution in [2.45, 2.75) is 98.3 Å². The summed E-state index contributed by atoms with van der Waals surface area (Å²) in [5, 5.41) is 9.39. The van der Waals surface area contributed by atoms with Gasteiger partial charge < -0.3 is 9.84 Å². The van der Waals surface area contributed by atoms with E-state index in [1.807, 2.05) is 0 Å². The lowest BCUT2D eigenvalue weighted by Gasteiger charge is -2.63. The largest absolute Gasteiger partial charge is 0.478 e. The van der Waals surface area contributed by atoms with Crippen molar-refractivity contribution in [1.82, 2.24) is 4.98 Å². The van der Waals surface area contributed by atoms with E-state index < -0.39 is 5.97 Å². The predicted octanol–water partition coefficient (Wildman–Crippen LogP) is 8.52. The highest BCUT2D eigenvalue weighted by molar-refractivity contribution is 6.32. The molecule has 4 aliphatic rings. The monoisotopic (exact) mass is 515 g/mol. The van der Waals surface area contributed by atoms with Crippen LogP contribution in [0.2, 0.25) is 5.02 Å². The number of fused-ring (bicyclic) bond motifs is 5. The SMILES string of the molecule is CC[C@H]1CC2C3CCC([C@H](C)CCOc4ncc(C(=O)O)cc4Cl)C3(C)CC[C@@H]2C2(C)CCCCC12. The topological polar surface area (TPSA) is 59.4 Å². The summed E-state index contributed by atoms with van der Waals surface area (Å²) in [6, 6.07) is 1.42. The number of hydrogen-bond donors (Lipinski definition) is 1. The number of aromatic nitrogens is 1. The molecular weight excluding hydrogens is 470 g/mol. The molecule has 5 rings (SSSR count). The molecule has 1 heterocycles. The van der Waals surface area contributed by atoms with Crippen molar-refractivity contribution >= 4 is 17.6 Å². The quantitative estimate of drug-likeness (QED) is 0.395. The van der Waals surface area contributed by atoms with Gasteiger partial charge in [-0.05, 0) is 110 Å². The lowest BCUT2D eigenvalue weighted by molar-refractivity contribution is -0.138. The molecule has 1 N–H and O–H groups in total. The Balaban J connectivity index is 1.25. The van der Waals surface area contributed by atoms with Crippen LogP contribution in [-0.4, -0.2) is 22.7 Å². The first kappa shape index (κ1) is 26.3. The molecule has 0 amide bonds. The lowest BCUT2D eigenvalue weighted by atomic mass is 9.42. The zero-order chi connectivity index (χ0) is 25.7. The molecule has 36 heavy (non-hydrogen) atoms. The first-order valence-corrected chi connectivity index (χ1v) is 15.1. The van der Waals surface area contributed by atoms with E-state index in [9.17, 15) is 4.79 Å². The summed E-state index contributed by atoms with van der Waals surface area (Å²) in [5.41, 5.74) is 1.13. The highest BCUT2D eigenvalue weighted by Gasteiger charge is 2.61. The molecule has 0 aromatic carbocycles. The van der Waals surface area contributed by atoms with Gasteiger partial charge in [0, 0.05) is 6.20 Å². The number of halogens is 1. The van der Waals surface area contributed by atoms with Crippen molar-refractivity contribution in [2.24, 2.45) is 52.3 Å². The normalized spacial score (nSPS) is 40.6. The second kappa shape index (κ2) is 10.1. The zero-order valence-corrected chi connectivity index (χ0v) is 23.5. The summed E-state index contributed by atoms with van der Waals surface area (Å²) in [4.78, 5) is 15.3. The van der Waals surface area contributed by atoms with Crippen LogP contribution in [-0.2, 0) is 0 Å². The Hall–Kier alpha value is -1.29. The number of carbonyl (C=O) groups is 1. The van der Waals surface area contributed by atoms with Crippen LogP contribution >= 0.6 is 11.6 Å². The minimum absolute atomic E-state index is 0.0858. The average molecular weight is 516 g/mol. The Morgan fingerprint density at radius 2 is 1.92 bits per heavy atom. The lowest BCUT2D eigenvalue weighted by Crippen LogP contribution is -2.55. The van der Waals surface area contributed by atoms with Gasteiger partial charge in [-0.15, -0.1) is 0 Å². The third kappa shape index (κ3) is 4.37.